The van der Waals surface area contributed by atoms with Gasteiger partial charge in [-0.05, 0) is 45.2 Å². The molecule has 1 aliphatic rings. The lowest BCUT2D eigenvalue weighted by atomic mass is 10.1. The lowest BCUT2D eigenvalue weighted by Crippen LogP contribution is -2.26. The van der Waals surface area contributed by atoms with Crippen LogP contribution < -0.4 is 10.2 Å². The molecule has 0 aliphatic carbocycles. The molecule has 0 spiro atoms. The van der Waals surface area contributed by atoms with Crippen LogP contribution in [0.15, 0.2) is 30.3 Å². The van der Waals surface area contributed by atoms with Crippen molar-refractivity contribution in [1.29, 1.82) is 0 Å². The number of nitrogens with one attached hydrogen (secondary N) is 1. The second-order valence-electron chi connectivity index (χ2n) is 6.20. The van der Waals surface area contributed by atoms with Gasteiger partial charge in [-0.25, -0.2) is 4.98 Å². The van der Waals surface area contributed by atoms with Crippen molar-refractivity contribution in [2.45, 2.75) is 52.6 Å². The van der Waals surface area contributed by atoms with Gasteiger partial charge in [0.05, 0.1) is 0 Å². The summed E-state index contributed by atoms with van der Waals surface area (Å²) < 4.78 is 0. The molecule has 0 radical (unpaired) electrons. The van der Waals surface area contributed by atoms with E-state index < -0.39 is 0 Å². The van der Waals surface area contributed by atoms with Gasteiger partial charge in [-0.3, -0.25) is 0 Å². The number of benzene rings is 1. The predicted molar refractivity (Wildman–Crippen MR) is 91.9 cm³/mol. The molecule has 1 aromatic carbocycles. The first-order valence-corrected chi connectivity index (χ1v) is 8.08. The van der Waals surface area contributed by atoms with E-state index in [-0.39, 0.29) is 0 Å². The number of aryl methyl sites for hydroxylation is 1. The van der Waals surface area contributed by atoms with E-state index in [0.717, 1.165) is 30.3 Å². The van der Waals surface area contributed by atoms with Gasteiger partial charge in [0.25, 0.3) is 0 Å². The standard InChI is InChI=1S/C18H24N4/c1-5-12(2)19-18-20-13(3)10-17(21-18)22-14(4)11-15-8-6-7-9-16(15)22/h6-10,12,14H,5,11H2,1-4H3,(H,19,20,21). The number of hydrogen-bond acceptors (Lipinski definition) is 4. The minimum absolute atomic E-state index is 0.373. The Morgan fingerprint density at radius 3 is 2.86 bits per heavy atom. The van der Waals surface area contributed by atoms with Crippen LogP contribution in [0.4, 0.5) is 17.5 Å². The van der Waals surface area contributed by atoms with Crippen molar-refractivity contribution in [1.82, 2.24) is 9.97 Å². The van der Waals surface area contributed by atoms with E-state index in [0.29, 0.717) is 12.1 Å². The Morgan fingerprint density at radius 1 is 1.32 bits per heavy atom. The second-order valence-corrected chi connectivity index (χ2v) is 6.20. The summed E-state index contributed by atoms with van der Waals surface area (Å²) in [6.45, 7) is 8.59. The Kier molecular flexibility index (Phi) is 4.01. The Bertz CT molecular complexity index is 668. The molecule has 2 atom stereocenters. The van der Waals surface area contributed by atoms with Crippen LogP contribution in [0, 0.1) is 6.92 Å². The summed E-state index contributed by atoms with van der Waals surface area (Å²) in [5, 5.41) is 3.39. The van der Waals surface area contributed by atoms with Crippen LogP contribution in [-0.4, -0.2) is 22.1 Å². The number of para-hydroxylation sites is 1. The smallest absolute Gasteiger partial charge is 0.225 e. The number of hydrogen-bond donors (Lipinski definition) is 1. The van der Waals surface area contributed by atoms with Gasteiger partial charge in [-0.15, -0.1) is 0 Å². The maximum Gasteiger partial charge on any atom is 0.225 e. The van der Waals surface area contributed by atoms with Crippen LogP contribution in [0.1, 0.15) is 38.4 Å². The van der Waals surface area contributed by atoms with Gasteiger partial charge in [0.15, 0.2) is 0 Å². The van der Waals surface area contributed by atoms with Crippen molar-refractivity contribution < 1.29 is 0 Å². The van der Waals surface area contributed by atoms with Crippen LogP contribution in [0.2, 0.25) is 0 Å². The number of nitrogens with zero attached hydrogens (tertiary/aromatic N) is 3. The van der Waals surface area contributed by atoms with Crippen LogP contribution in [0.5, 0.6) is 0 Å². The SMILES string of the molecule is CCC(C)Nc1nc(C)cc(N2c3ccccc3CC2C)n1. The number of rotatable bonds is 4. The maximum absolute atomic E-state index is 4.76. The molecule has 1 aliphatic heterocycles. The van der Waals surface area contributed by atoms with Crippen LogP contribution in [-0.2, 0) is 6.42 Å². The van der Waals surface area contributed by atoms with Crippen molar-refractivity contribution in [2.24, 2.45) is 0 Å². The van der Waals surface area contributed by atoms with Crippen LogP contribution in [0.25, 0.3) is 0 Å². The van der Waals surface area contributed by atoms with E-state index in [9.17, 15) is 0 Å². The third-order valence-electron chi connectivity index (χ3n) is 4.28. The molecule has 0 saturated heterocycles. The third kappa shape index (κ3) is 2.78. The Hall–Kier alpha value is -2.10. The molecule has 116 valence electrons. The molecule has 2 heterocycles. The Labute approximate surface area is 132 Å². The number of aromatic nitrogens is 2. The molecule has 22 heavy (non-hydrogen) atoms. The van der Waals surface area contributed by atoms with Gasteiger partial charge in [-0.1, -0.05) is 25.1 Å². The van der Waals surface area contributed by atoms with Crippen molar-refractivity contribution in [2.75, 3.05) is 10.2 Å². The summed E-state index contributed by atoms with van der Waals surface area (Å²) in [6.07, 6.45) is 2.11. The predicted octanol–water partition coefficient (Wildman–Crippen LogP) is 4.08. The van der Waals surface area contributed by atoms with Gasteiger partial charge < -0.3 is 10.2 Å². The fraction of sp³-hybridized carbons (Fsp3) is 0.444. The normalized spacial score (nSPS) is 18.2. The largest absolute Gasteiger partial charge is 0.352 e. The first-order valence-electron chi connectivity index (χ1n) is 8.08. The van der Waals surface area contributed by atoms with E-state index in [1.54, 1.807) is 0 Å². The van der Waals surface area contributed by atoms with Gasteiger partial charge in [0.2, 0.25) is 5.95 Å². The van der Waals surface area contributed by atoms with Crippen molar-refractivity contribution in [3.8, 4) is 0 Å². The summed E-state index contributed by atoms with van der Waals surface area (Å²) in [6, 6.07) is 11.4. The monoisotopic (exact) mass is 296 g/mol. The van der Waals surface area contributed by atoms with Gasteiger partial charge in [0.1, 0.15) is 5.82 Å². The lowest BCUT2D eigenvalue weighted by molar-refractivity contribution is 0.737. The fourth-order valence-electron chi connectivity index (χ4n) is 2.98. The van der Waals surface area contributed by atoms with E-state index in [4.69, 9.17) is 4.98 Å². The van der Waals surface area contributed by atoms with E-state index in [1.807, 2.05) is 6.92 Å². The zero-order chi connectivity index (χ0) is 15.7. The van der Waals surface area contributed by atoms with Crippen LogP contribution in [0.3, 0.4) is 0 Å². The minimum Gasteiger partial charge on any atom is -0.352 e. The summed E-state index contributed by atoms with van der Waals surface area (Å²) >= 11 is 0. The van der Waals surface area contributed by atoms with E-state index in [1.165, 1.54) is 11.3 Å². The van der Waals surface area contributed by atoms with Crippen LogP contribution >= 0.6 is 0 Å². The molecule has 2 unspecified atom stereocenters. The molecule has 0 saturated carbocycles. The van der Waals surface area contributed by atoms with E-state index in [2.05, 4.69) is 66.3 Å². The average molecular weight is 296 g/mol. The van der Waals surface area contributed by atoms with E-state index >= 15 is 0 Å². The highest BCUT2D eigenvalue weighted by Gasteiger charge is 2.28. The molecule has 3 rings (SSSR count). The fourth-order valence-corrected chi connectivity index (χ4v) is 2.98. The van der Waals surface area contributed by atoms with Crippen molar-refractivity contribution >= 4 is 17.5 Å². The molecule has 0 fully saturated rings. The maximum atomic E-state index is 4.76. The number of anilines is 3. The second kappa shape index (κ2) is 5.95. The highest BCUT2D eigenvalue weighted by Crippen LogP contribution is 2.37. The lowest BCUT2D eigenvalue weighted by Gasteiger charge is -2.25. The topological polar surface area (TPSA) is 41.1 Å². The van der Waals surface area contributed by atoms with Gasteiger partial charge in [0, 0.05) is 29.5 Å². The summed E-state index contributed by atoms with van der Waals surface area (Å²) in [5.74, 6) is 1.71. The molecule has 4 heteroatoms. The first-order chi connectivity index (χ1) is 10.6. The molecule has 0 amide bonds. The Balaban J connectivity index is 1.98. The minimum atomic E-state index is 0.373. The van der Waals surface area contributed by atoms with Crippen molar-refractivity contribution in [3.05, 3.63) is 41.6 Å². The zero-order valence-corrected chi connectivity index (χ0v) is 13.8. The molecular weight excluding hydrogens is 272 g/mol. The highest BCUT2D eigenvalue weighted by molar-refractivity contribution is 5.69. The zero-order valence-electron chi connectivity index (χ0n) is 13.8. The number of fused-ring (bicyclic) bond motifs is 1. The molecule has 1 aromatic heterocycles. The average Bonchev–Trinajstić information content (AvgIpc) is 2.82. The molecule has 2 aromatic rings. The Morgan fingerprint density at radius 2 is 2.09 bits per heavy atom. The first kappa shape index (κ1) is 14.8. The van der Waals surface area contributed by atoms with Gasteiger partial charge in [-0.2, -0.15) is 4.98 Å². The summed E-state index contributed by atoms with van der Waals surface area (Å²) in [4.78, 5) is 11.6. The van der Waals surface area contributed by atoms with Crippen molar-refractivity contribution in [3.63, 3.8) is 0 Å². The summed E-state index contributed by atoms with van der Waals surface area (Å²) in [7, 11) is 0. The summed E-state index contributed by atoms with van der Waals surface area (Å²) in [5.41, 5.74) is 3.65. The molecular formula is C18H24N4. The third-order valence-corrected chi connectivity index (χ3v) is 4.28. The molecule has 4 nitrogen and oxygen atoms in total. The molecule has 1 N–H and O–H groups in total. The quantitative estimate of drug-likeness (QED) is 0.923. The van der Waals surface area contributed by atoms with Gasteiger partial charge >= 0.3 is 0 Å². The molecule has 0 bridgehead atoms. The highest BCUT2D eigenvalue weighted by atomic mass is 15.3.